The summed E-state index contributed by atoms with van der Waals surface area (Å²) in [7, 11) is 0. The first kappa shape index (κ1) is 12.3. The summed E-state index contributed by atoms with van der Waals surface area (Å²) < 4.78 is 0.732. The molecule has 0 aromatic heterocycles. The van der Waals surface area contributed by atoms with Gasteiger partial charge in [-0.15, -0.1) is 0 Å². The highest BCUT2D eigenvalue weighted by atomic mass is 79.9. The third-order valence-corrected chi connectivity index (χ3v) is 2.40. The maximum absolute atomic E-state index is 11.7. The Morgan fingerprint density at radius 3 is 2.87 bits per heavy atom. The van der Waals surface area contributed by atoms with Crippen molar-refractivity contribution in [2.45, 2.75) is 6.92 Å². The average Bonchev–Trinajstić information content (AvgIpc) is 2.18. The van der Waals surface area contributed by atoms with Crippen molar-refractivity contribution >= 4 is 33.4 Å². The van der Waals surface area contributed by atoms with Gasteiger partial charge in [0.1, 0.15) is 0 Å². The summed E-state index contributed by atoms with van der Waals surface area (Å²) in [4.78, 5) is 11.7. The molecule has 0 aliphatic heterocycles. The van der Waals surface area contributed by atoms with Crippen LogP contribution in [-0.4, -0.2) is 12.5 Å². The Bertz CT molecular complexity index is 404. The van der Waals surface area contributed by atoms with Gasteiger partial charge in [0, 0.05) is 21.6 Å². The van der Waals surface area contributed by atoms with Gasteiger partial charge in [-0.1, -0.05) is 40.2 Å². The summed E-state index contributed by atoms with van der Waals surface area (Å²) in [6, 6.07) is 5.24. The van der Waals surface area contributed by atoms with Crippen molar-refractivity contribution in [3.8, 4) is 0 Å². The van der Waals surface area contributed by atoms with Gasteiger partial charge in [-0.3, -0.25) is 4.79 Å². The lowest BCUT2D eigenvalue weighted by Gasteiger charge is -2.07. The molecule has 1 amide bonds. The lowest BCUT2D eigenvalue weighted by molar-refractivity contribution is 0.0957. The van der Waals surface area contributed by atoms with Gasteiger partial charge in [-0.25, -0.2) is 0 Å². The minimum absolute atomic E-state index is 0.143. The molecular weight excluding hydrogens is 277 g/mol. The van der Waals surface area contributed by atoms with E-state index < -0.39 is 0 Å². The first-order valence-corrected chi connectivity index (χ1v) is 5.55. The lowest BCUT2D eigenvalue weighted by Crippen LogP contribution is -2.25. The zero-order valence-corrected chi connectivity index (χ0v) is 10.7. The monoisotopic (exact) mass is 287 g/mol. The Hall–Kier alpha value is -0.800. The maximum atomic E-state index is 11.7. The fraction of sp³-hybridized carbons (Fsp3) is 0.182. The molecule has 0 spiro atoms. The van der Waals surface area contributed by atoms with E-state index in [-0.39, 0.29) is 5.91 Å². The second-order valence-corrected chi connectivity index (χ2v) is 4.72. The summed E-state index contributed by atoms with van der Waals surface area (Å²) in [5.74, 6) is -0.143. The van der Waals surface area contributed by atoms with Crippen molar-refractivity contribution in [2.75, 3.05) is 6.54 Å². The molecule has 0 aliphatic carbocycles. The molecule has 0 aliphatic rings. The number of halogens is 2. The number of rotatable bonds is 3. The fourth-order valence-electron chi connectivity index (χ4n) is 1.11. The van der Waals surface area contributed by atoms with Crippen LogP contribution in [0.4, 0.5) is 0 Å². The number of amides is 1. The molecule has 0 atom stereocenters. The van der Waals surface area contributed by atoms with E-state index in [2.05, 4.69) is 27.8 Å². The highest BCUT2D eigenvalue weighted by molar-refractivity contribution is 9.11. The number of carbonyl (C=O) groups excluding carboxylic acids is 1. The van der Waals surface area contributed by atoms with Crippen molar-refractivity contribution in [3.05, 3.63) is 45.4 Å². The van der Waals surface area contributed by atoms with Crippen molar-refractivity contribution in [1.82, 2.24) is 5.32 Å². The Kier molecular flexibility index (Phi) is 4.36. The number of hydrogen-bond donors (Lipinski definition) is 1. The quantitative estimate of drug-likeness (QED) is 0.908. The maximum Gasteiger partial charge on any atom is 0.251 e. The molecule has 1 aromatic carbocycles. The molecule has 1 aromatic rings. The van der Waals surface area contributed by atoms with Gasteiger partial charge in [0.25, 0.3) is 5.91 Å². The summed E-state index contributed by atoms with van der Waals surface area (Å²) in [6.07, 6.45) is 0. The molecule has 1 rings (SSSR count). The van der Waals surface area contributed by atoms with Crippen LogP contribution in [0.2, 0.25) is 5.02 Å². The van der Waals surface area contributed by atoms with E-state index in [9.17, 15) is 4.79 Å². The normalized spacial score (nSPS) is 9.80. The van der Waals surface area contributed by atoms with Gasteiger partial charge < -0.3 is 5.32 Å². The Morgan fingerprint density at radius 1 is 1.60 bits per heavy atom. The van der Waals surface area contributed by atoms with Crippen LogP contribution in [0.15, 0.2) is 29.3 Å². The first-order chi connectivity index (χ1) is 7.00. The molecule has 4 heteroatoms. The smallest absolute Gasteiger partial charge is 0.251 e. The molecule has 0 heterocycles. The predicted octanol–water partition coefficient (Wildman–Crippen LogP) is 3.29. The van der Waals surface area contributed by atoms with Gasteiger partial charge in [0.2, 0.25) is 0 Å². The van der Waals surface area contributed by atoms with E-state index in [0.29, 0.717) is 17.1 Å². The van der Waals surface area contributed by atoms with Crippen LogP contribution < -0.4 is 5.32 Å². The molecule has 1 N–H and O–H groups in total. The van der Waals surface area contributed by atoms with Crippen molar-refractivity contribution in [1.29, 1.82) is 0 Å². The zero-order chi connectivity index (χ0) is 11.4. The minimum atomic E-state index is -0.143. The Labute approximate surface area is 102 Å². The van der Waals surface area contributed by atoms with E-state index in [4.69, 9.17) is 11.6 Å². The summed E-state index contributed by atoms with van der Waals surface area (Å²) in [5, 5.41) is 3.28. The van der Waals surface area contributed by atoms with Crippen LogP contribution in [0, 0.1) is 6.92 Å². The fourth-order valence-corrected chi connectivity index (χ4v) is 1.42. The largest absolute Gasteiger partial charge is 0.347 e. The third kappa shape index (κ3) is 3.68. The number of hydrogen-bond acceptors (Lipinski definition) is 1. The SMILES string of the molecule is C=C(Br)CNC(=O)c1cc(Cl)ccc1C. The molecule has 80 valence electrons. The van der Waals surface area contributed by atoms with Crippen LogP contribution in [0.1, 0.15) is 15.9 Å². The minimum Gasteiger partial charge on any atom is -0.347 e. The molecule has 0 saturated carbocycles. The highest BCUT2D eigenvalue weighted by Crippen LogP contribution is 2.15. The second-order valence-electron chi connectivity index (χ2n) is 3.16. The van der Waals surface area contributed by atoms with Crippen LogP contribution in [0.25, 0.3) is 0 Å². The van der Waals surface area contributed by atoms with Crippen LogP contribution in [-0.2, 0) is 0 Å². The number of carbonyl (C=O) groups is 1. The van der Waals surface area contributed by atoms with Crippen molar-refractivity contribution in [3.63, 3.8) is 0 Å². The molecule has 0 saturated heterocycles. The number of benzene rings is 1. The van der Waals surface area contributed by atoms with Crippen molar-refractivity contribution < 1.29 is 4.79 Å². The van der Waals surface area contributed by atoms with Gasteiger partial charge in [0.15, 0.2) is 0 Å². The third-order valence-electron chi connectivity index (χ3n) is 1.89. The van der Waals surface area contributed by atoms with E-state index >= 15 is 0 Å². The van der Waals surface area contributed by atoms with E-state index in [1.54, 1.807) is 12.1 Å². The standard InChI is InChI=1S/C11H11BrClNO/c1-7-3-4-9(13)5-10(7)11(15)14-6-8(2)12/h3-5H,2,6H2,1H3,(H,14,15). The molecular formula is C11H11BrClNO. The molecule has 15 heavy (non-hydrogen) atoms. The van der Waals surface area contributed by atoms with Crippen LogP contribution in [0.5, 0.6) is 0 Å². The van der Waals surface area contributed by atoms with E-state index in [1.165, 1.54) is 0 Å². The number of nitrogens with one attached hydrogen (secondary N) is 1. The Morgan fingerprint density at radius 2 is 2.27 bits per heavy atom. The Balaban J connectivity index is 2.81. The summed E-state index contributed by atoms with van der Waals surface area (Å²) >= 11 is 8.99. The van der Waals surface area contributed by atoms with Gasteiger partial charge in [-0.05, 0) is 24.6 Å². The van der Waals surface area contributed by atoms with E-state index in [0.717, 1.165) is 10.0 Å². The van der Waals surface area contributed by atoms with E-state index in [1.807, 2.05) is 13.0 Å². The second kappa shape index (κ2) is 5.33. The molecule has 0 unspecified atom stereocenters. The average molecular weight is 289 g/mol. The molecule has 2 nitrogen and oxygen atoms in total. The zero-order valence-electron chi connectivity index (χ0n) is 8.31. The lowest BCUT2D eigenvalue weighted by atomic mass is 10.1. The summed E-state index contributed by atoms with van der Waals surface area (Å²) in [5.41, 5.74) is 1.49. The molecule has 0 bridgehead atoms. The van der Waals surface area contributed by atoms with Crippen LogP contribution >= 0.6 is 27.5 Å². The van der Waals surface area contributed by atoms with Gasteiger partial charge >= 0.3 is 0 Å². The summed E-state index contributed by atoms with van der Waals surface area (Å²) in [6.45, 7) is 5.91. The van der Waals surface area contributed by atoms with Crippen LogP contribution in [0.3, 0.4) is 0 Å². The van der Waals surface area contributed by atoms with Gasteiger partial charge in [0.05, 0.1) is 0 Å². The highest BCUT2D eigenvalue weighted by Gasteiger charge is 2.08. The molecule has 0 radical (unpaired) electrons. The van der Waals surface area contributed by atoms with Gasteiger partial charge in [-0.2, -0.15) is 0 Å². The predicted molar refractivity (Wildman–Crippen MR) is 66.6 cm³/mol. The van der Waals surface area contributed by atoms with Crippen molar-refractivity contribution in [2.24, 2.45) is 0 Å². The molecule has 0 fully saturated rings. The topological polar surface area (TPSA) is 29.1 Å². The first-order valence-electron chi connectivity index (χ1n) is 4.38. The number of aryl methyl sites for hydroxylation is 1.